The van der Waals surface area contributed by atoms with E-state index in [4.69, 9.17) is 10.00 Å². The molecular weight excluding hydrogens is 459 g/mol. The third kappa shape index (κ3) is 5.24. The van der Waals surface area contributed by atoms with Crippen molar-refractivity contribution >= 4 is 11.6 Å². The summed E-state index contributed by atoms with van der Waals surface area (Å²) in [4.78, 5) is 16.8. The van der Waals surface area contributed by atoms with Crippen LogP contribution in [0.25, 0.3) is 0 Å². The highest BCUT2D eigenvalue weighted by molar-refractivity contribution is 5.93. The lowest BCUT2D eigenvalue weighted by Gasteiger charge is -2.42. The summed E-state index contributed by atoms with van der Waals surface area (Å²) in [5, 5.41) is 13.4. The van der Waals surface area contributed by atoms with Crippen molar-refractivity contribution in [3.8, 4) is 11.8 Å². The highest BCUT2D eigenvalue weighted by atomic mass is 19.4. The quantitative estimate of drug-likeness (QED) is 0.548. The van der Waals surface area contributed by atoms with Crippen molar-refractivity contribution in [2.24, 2.45) is 7.05 Å². The van der Waals surface area contributed by atoms with Crippen LogP contribution in [0.5, 0.6) is 5.75 Å². The third-order valence-corrected chi connectivity index (χ3v) is 5.94. The number of nitriles is 1. The summed E-state index contributed by atoms with van der Waals surface area (Å²) >= 11 is 0. The molecule has 1 aromatic heterocycles. The third-order valence-electron chi connectivity index (χ3n) is 5.94. The van der Waals surface area contributed by atoms with E-state index in [0.29, 0.717) is 29.4 Å². The van der Waals surface area contributed by atoms with Gasteiger partial charge in [-0.1, -0.05) is 18.2 Å². The minimum Gasteiger partial charge on any atom is -0.491 e. The monoisotopic (exact) mass is 483 g/mol. The molecule has 10 heteroatoms. The van der Waals surface area contributed by atoms with Crippen molar-refractivity contribution in [2.75, 3.05) is 31.1 Å². The zero-order chi connectivity index (χ0) is 25.2. The lowest BCUT2D eigenvalue weighted by Crippen LogP contribution is -2.57. The van der Waals surface area contributed by atoms with Gasteiger partial charge < -0.3 is 14.5 Å². The molecule has 1 unspecified atom stereocenters. The van der Waals surface area contributed by atoms with Crippen molar-refractivity contribution in [2.45, 2.75) is 19.1 Å². The number of ether oxygens (including phenoxy) is 1. The maximum atomic E-state index is 13.5. The van der Waals surface area contributed by atoms with Gasteiger partial charge in [0.2, 0.25) is 0 Å². The molecule has 0 bridgehead atoms. The molecule has 1 atom stereocenters. The van der Waals surface area contributed by atoms with Crippen LogP contribution in [-0.4, -0.2) is 52.9 Å². The first-order valence-corrected chi connectivity index (χ1v) is 11.0. The number of piperazine rings is 1. The first-order chi connectivity index (χ1) is 16.7. The van der Waals surface area contributed by atoms with E-state index in [-0.39, 0.29) is 25.6 Å². The van der Waals surface area contributed by atoms with Crippen LogP contribution in [0.1, 0.15) is 27.3 Å². The Morgan fingerprint density at radius 3 is 2.54 bits per heavy atom. The Morgan fingerprint density at radius 1 is 1.17 bits per heavy atom. The summed E-state index contributed by atoms with van der Waals surface area (Å²) < 4.78 is 48.0. The molecule has 1 amide bonds. The highest BCUT2D eigenvalue weighted by Gasteiger charge is 2.36. The van der Waals surface area contributed by atoms with E-state index in [0.717, 1.165) is 6.07 Å². The maximum absolute atomic E-state index is 13.5. The summed E-state index contributed by atoms with van der Waals surface area (Å²) in [7, 11) is 1.70. The SMILES string of the molecule is Cc1cc(C(=O)N2CCN(c3ccc(C#N)c(C(F)(F)F)c3)CC2COc2ccccc2)n(C)n1. The number of para-hydroxylation sites is 1. The van der Waals surface area contributed by atoms with E-state index in [1.807, 2.05) is 18.2 Å². The molecule has 0 N–H and O–H groups in total. The number of benzene rings is 2. The summed E-state index contributed by atoms with van der Waals surface area (Å²) in [6.07, 6.45) is -4.65. The number of nitrogens with zero attached hydrogens (tertiary/aromatic N) is 5. The van der Waals surface area contributed by atoms with Crippen molar-refractivity contribution in [3.05, 3.63) is 77.1 Å². The van der Waals surface area contributed by atoms with Crippen molar-refractivity contribution in [1.29, 1.82) is 5.26 Å². The number of halogens is 3. The van der Waals surface area contributed by atoms with Crippen LogP contribution in [0, 0.1) is 18.3 Å². The molecule has 7 nitrogen and oxygen atoms in total. The molecule has 1 saturated heterocycles. The van der Waals surface area contributed by atoms with Gasteiger partial charge in [-0.05, 0) is 43.3 Å². The van der Waals surface area contributed by atoms with Gasteiger partial charge in [-0.15, -0.1) is 0 Å². The largest absolute Gasteiger partial charge is 0.491 e. The second kappa shape index (κ2) is 9.70. The predicted octanol–water partition coefficient (Wildman–Crippen LogP) is 4.03. The topological polar surface area (TPSA) is 74.4 Å². The molecule has 0 radical (unpaired) electrons. The van der Waals surface area contributed by atoms with Gasteiger partial charge in [0.05, 0.1) is 28.9 Å². The van der Waals surface area contributed by atoms with Gasteiger partial charge in [-0.25, -0.2) is 0 Å². The fourth-order valence-corrected chi connectivity index (χ4v) is 4.23. The van der Waals surface area contributed by atoms with Gasteiger partial charge in [0, 0.05) is 32.4 Å². The van der Waals surface area contributed by atoms with Crippen molar-refractivity contribution in [1.82, 2.24) is 14.7 Å². The molecule has 1 aliphatic rings. The molecule has 3 aromatic rings. The second-order valence-electron chi connectivity index (χ2n) is 8.36. The van der Waals surface area contributed by atoms with E-state index < -0.39 is 23.3 Å². The smallest absolute Gasteiger partial charge is 0.417 e. The number of alkyl halides is 3. The zero-order valence-electron chi connectivity index (χ0n) is 19.3. The van der Waals surface area contributed by atoms with Gasteiger partial charge in [-0.2, -0.15) is 23.5 Å². The van der Waals surface area contributed by atoms with Gasteiger partial charge in [0.25, 0.3) is 5.91 Å². The Labute approximate surface area is 200 Å². The molecule has 2 aromatic carbocycles. The van der Waals surface area contributed by atoms with Gasteiger partial charge in [0.1, 0.15) is 18.1 Å². The molecule has 35 heavy (non-hydrogen) atoms. The molecule has 4 rings (SSSR count). The van der Waals surface area contributed by atoms with Gasteiger partial charge >= 0.3 is 6.18 Å². The number of aromatic nitrogens is 2. The van der Waals surface area contributed by atoms with E-state index >= 15 is 0 Å². The standard InChI is InChI=1S/C25H24F3N5O2/c1-17-12-23(31(2)30-17)24(34)33-11-10-32(15-20(33)16-35-21-6-4-3-5-7-21)19-9-8-18(14-29)22(13-19)25(26,27)28/h3-9,12-13,20H,10-11,15-16H2,1-2H3. The lowest BCUT2D eigenvalue weighted by atomic mass is 10.0. The summed E-state index contributed by atoms with van der Waals surface area (Å²) in [5.41, 5.74) is 0.0794. The Kier molecular flexibility index (Phi) is 6.69. The Bertz CT molecular complexity index is 1250. The molecule has 2 heterocycles. The summed E-state index contributed by atoms with van der Waals surface area (Å²) in [6.45, 7) is 2.83. The average molecular weight is 483 g/mol. The Hall–Kier alpha value is -4.00. The second-order valence-corrected chi connectivity index (χ2v) is 8.36. The predicted molar refractivity (Wildman–Crippen MR) is 123 cm³/mol. The van der Waals surface area contributed by atoms with Crippen LogP contribution in [0.4, 0.5) is 18.9 Å². The van der Waals surface area contributed by atoms with Gasteiger partial charge in [0.15, 0.2) is 0 Å². The van der Waals surface area contributed by atoms with Crippen molar-refractivity contribution < 1.29 is 22.7 Å². The van der Waals surface area contributed by atoms with E-state index in [9.17, 15) is 18.0 Å². The minimum atomic E-state index is -4.65. The highest BCUT2D eigenvalue weighted by Crippen LogP contribution is 2.35. The number of carbonyl (C=O) groups is 1. The number of carbonyl (C=O) groups excluding carboxylic acids is 1. The number of hydrogen-bond acceptors (Lipinski definition) is 5. The molecule has 1 fully saturated rings. The van der Waals surface area contributed by atoms with Crippen LogP contribution in [0.15, 0.2) is 54.6 Å². The van der Waals surface area contributed by atoms with E-state index in [2.05, 4.69) is 5.10 Å². The van der Waals surface area contributed by atoms with Crippen LogP contribution in [-0.2, 0) is 13.2 Å². The number of rotatable bonds is 5. The maximum Gasteiger partial charge on any atom is 0.417 e. The Morgan fingerprint density at radius 2 is 1.91 bits per heavy atom. The average Bonchev–Trinajstić information content (AvgIpc) is 3.19. The van der Waals surface area contributed by atoms with E-state index in [1.54, 1.807) is 48.0 Å². The molecule has 182 valence electrons. The first-order valence-electron chi connectivity index (χ1n) is 11.0. The normalized spacial score (nSPS) is 16.2. The molecule has 0 saturated carbocycles. The number of anilines is 1. The minimum absolute atomic E-state index is 0.158. The lowest BCUT2D eigenvalue weighted by molar-refractivity contribution is -0.137. The number of hydrogen-bond donors (Lipinski definition) is 0. The Balaban J connectivity index is 1.61. The zero-order valence-corrected chi connectivity index (χ0v) is 19.3. The molecular formula is C25H24F3N5O2. The van der Waals surface area contributed by atoms with Crippen LogP contribution in [0.3, 0.4) is 0 Å². The number of amides is 1. The fourth-order valence-electron chi connectivity index (χ4n) is 4.23. The van der Waals surface area contributed by atoms with Gasteiger partial charge in [-0.3, -0.25) is 9.48 Å². The first kappa shape index (κ1) is 24.1. The molecule has 0 aliphatic carbocycles. The van der Waals surface area contributed by atoms with Crippen LogP contribution < -0.4 is 9.64 Å². The van der Waals surface area contributed by atoms with Crippen molar-refractivity contribution in [3.63, 3.8) is 0 Å². The fraction of sp³-hybridized carbons (Fsp3) is 0.320. The number of aryl methyl sites for hydroxylation is 2. The summed E-state index contributed by atoms with van der Waals surface area (Å²) in [5.74, 6) is 0.413. The molecule has 1 aliphatic heterocycles. The van der Waals surface area contributed by atoms with E-state index in [1.165, 1.54) is 16.8 Å². The summed E-state index contributed by atoms with van der Waals surface area (Å²) in [6, 6.07) is 15.7. The molecule has 0 spiro atoms. The van der Waals surface area contributed by atoms with Crippen LogP contribution in [0.2, 0.25) is 0 Å². The van der Waals surface area contributed by atoms with Crippen LogP contribution >= 0.6 is 0 Å².